The van der Waals surface area contributed by atoms with Crippen molar-refractivity contribution in [3.8, 4) is 0 Å². The van der Waals surface area contributed by atoms with Gasteiger partial charge >= 0.3 is 5.69 Å². The fourth-order valence-electron chi connectivity index (χ4n) is 4.56. The minimum atomic E-state index is 0. The molecule has 1 aliphatic carbocycles. The van der Waals surface area contributed by atoms with E-state index in [1.54, 1.807) is 4.68 Å². The zero-order valence-electron chi connectivity index (χ0n) is 15.7. The summed E-state index contributed by atoms with van der Waals surface area (Å²) in [6.07, 6.45) is 9.52. The molecule has 1 aromatic heterocycles. The number of nitrogens with zero attached hydrogens (tertiary/aromatic N) is 5. The summed E-state index contributed by atoms with van der Waals surface area (Å²) in [7, 11) is 1.86. The highest BCUT2D eigenvalue weighted by Crippen LogP contribution is 2.47. The van der Waals surface area contributed by atoms with E-state index in [2.05, 4.69) is 20.3 Å². The Morgan fingerprint density at radius 3 is 2.73 bits per heavy atom. The lowest BCUT2D eigenvalue weighted by molar-refractivity contribution is 0.151. The Bertz CT molecular complexity index is 705. The van der Waals surface area contributed by atoms with Gasteiger partial charge in [-0.05, 0) is 43.9 Å². The van der Waals surface area contributed by atoms with Crippen LogP contribution in [0.25, 0.3) is 0 Å². The molecule has 26 heavy (non-hydrogen) atoms. The molecule has 0 unspecified atom stereocenters. The second kappa shape index (κ2) is 8.31. The topological polar surface area (TPSA) is 67.5 Å². The Balaban J connectivity index is 0.00000196. The molecule has 1 N–H and O–H groups in total. The molecular weight excluding hydrogens is 443 g/mol. The summed E-state index contributed by atoms with van der Waals surface area (Å²) >= 11 is 0. The van der Waals surface area contributed by atoms with Gasteiger partial charge in [0.2, 0.25) is 0 Å². The number of nitrogens with one attached hydrogen (secondary N) is 1. The van der Waals surface area contributed by atoms with E-state index in [0.29, 0.717) is 12.0 Å². The third-order valence-corrected chi connectivity index (χ3v) is 6.23. The quantitative estimate of drug-likeness (QED) is 0.313. The number of aliphatic imine (C=N–C) groups is 1. The molecule has 1 saturated carbocycles. The number of aryl methyl sites for hydroxylation is 2. The van der Waals surface area contributed by atoms with Crippen molar-refractivity contribution in [2.24, 2.45) is 10.4 Å². The van der Waals surface area contributed by atoms with Gasteiger partial charge in [-0.15, -0.1) is 24.0 Å². The lowest BCUT2D eigenvalue weighted by Crippen LogP contribution is -2.43. The van der Waals surface area contributed by atoms with E-state index < -0.39 is 0 Å². The Kier molecular flexibility index (Phi) is 6.29. The lowest BCUT2D eigenvalue weighted by Gasteiger charge is -2.38. The first-order chi connectivity index (χ1) is 12.2. The van der Waals surface area contributed by atoms with Crippen molar-refractivity contribution in [2.75, 3.05) is 26.7 Å². The number of hydrogen-bond donors (Lipinski definition) is 1. The molecule has 1 saturated heterocycles. The van der Waals surface area contributed by atoms with E-state index >= 15 is 0 Å². The molecule has 4 rings (SSSR count). The van der Waals surface area contributed by atoms with Crippen LogP contribution < -0.4 is 11.0 Å². The highest BCUT2D eigenvalue weighted by Gasteiger charge is 2.43. The van der Waals surface area contributed by atoms with Crippen molar-refractivity contribution in [3.63, 3.8) is 0 Å². The highest BCUT2D eigenvalue weighted by atomic mass is 127. The normalized spacial score (nSPS) is 21.3. The van der Waals surface area contributed by atoms with Crippen LogP contribution in [0.4, 0.5) is 0 Å². The van der Waals surface area contributed by atoms with Crippen LogP contribution in [0.15, 0.2) is 9.79 Å². The maximum absolute atomic E-state index is 12.3. The molecule has 3 heterocycles. The van der Waals surface area contributed by atoms with Crippen molar-refractivity contribution in [1.29, 1.82) is 0 Å². The number of fused-ring (bicyclic) bond motifs is 1. The third kappa shape index (κ3) is 3.80. The SMILES string of the molecule is CN=C(NCCCn1nc2n(c1=O)CCCC2)N1CCC2(CCC2)C1.I. The van der Waals surface area contributed by atoms with Crippen LogP contribution >= 0.6 is 24.0 Å². The predicted molar refractivity (Wildman–Crippen MR) is 113 cm³/mol. The molecule has 0 radical (unpaired) electrons. The van der Waals surface area contributed by atoms with Gasteiger partial charge in [0.25, 0.3) is 0 Å². The smallest absolute Gasteiger partial charge is 0.345 e. The van der Waals surface area contributed by atoms with E-state index in [1.807, 2.05) is 11.6 Å². The summed E-state index contributed by atoms with van der Waals surface area (Å²) < 4.78 is 3.49. The Morgan fingerprint density at radius 1 is 1.23 bits per heavy atom. The molecule has 8 heteroatoms. The fourth-order valence-corrected chi connectivity index (χ4v) is 4.56. The van der Waals surface area contributed by atoms with Gasteiger partial charge in [-0.3, -0.25) is 9.56 Å². The van der Waals surface area contributed by atoms with E-state index in [1.165, 1.54) is 25.7 Å². The van der Waals surface area contributed by atoms with E-state index in [0.717, 1.165) is 63.6 Å². The zero-order valence-corrected chi connectivity index (χ0v) is 18.1. The molecule has 2 fully saturated rings. The molecule has 0 bridgehead atoms. The fraction of sp³-hybridized carbons (Fsp3) is 0.833. The summed E-state index contributed by atoms with van der Waals surface area (Å²) in [5, 5.41) is 7.98. The molecular formula is C18H31IN6O. The summed E-state index contributed by atoms with van der Waals surface area (Å²) in [6.45, 7) is 4.60. The van der Waals surface area contributed by atoms with Crippen molar-refractivity contribution < 1.29 is 0 Å². The maximum Gasteiger partial charge on any atom is 0.345 e. The number of rotatable bonds is 4. The standard InChI is InChI=1S/C18H30N6O.HI/c1-19-16(22-13-9-18(14-22)7-4-8-18)20-10-5-12-24-17(25)23-11-3-2-6-15(23)21-24;/h2-14H2,1H3,(H,19,20);1H. The molecule has 0 aromatic carbocycles. The molecule has 1 spiro atoms. The van der Waals surface area contributed by atoms with Gasteiger partial charge in [0.05, 0.1) is 0 Å². The number of likely N-dealkylation sites (tertiary alicyclic amines) is 1. The van der Waals surface area contributed by atoms with Crippen molar-refractivity contribution >= 4 is 29.9 Å². The Labute approximate surface area is 172 Å². The van der Waals surface area contributed by atoms with Crippen molar-refractivity contribution in [1.82, 2.24) is 24.6 Å². The van der Waals surface area contributed by atoms with Gasteiger partial charge < -0.3 is 10.2 Å². The Morgan fingerprint density at radius 2 is 2.08 bits per heavy atom. The van der Waals surface area contributed by atoms with E-state index in [-0.39, 0.29) is 29.7 Å². The average molecular weight is 474 g/mol. The van der Waals surface area contributed by atoms with Crippen LogP contribution in [0, 0.1) is 5.41 Å². The summed E-state index contributed by atoms with van der Waals surface area (Å²) in [5.74, 6) is 1.98. The second-order valence-corrected chi connectivity index (χ2v) is 7.88. The van der Waals surface area contributed by atoms with Crippen LogP contribution in [0.5, 0.6) is 0 Å². The van der Waals surface area contributed by atoms with Gasteiger partial charge in [0.15, 0.2) is 5.96 Å². The number of hydrogen-bond acceptors (Lipinski definition) is 3. The summed E-state index contributed by atoms with van der Waals surface area (Å²) in [4.78, 5) is 19.2. The molecule has 7 nitrogen and oxygen atoms in total. The van der Waals surface area contributed by atoms with Gasteiger partial charge in [0.1, 0.15) is 5.82 Å². The van der Waals surface area contributed by atoms with Crippen LogP contribution in [0.3, 0.4) is 0 Å². The number of halogens is 1. The van der Waals surface area contributed by atoms with Crippen LogP contribution in [-0.4, -0.2) is 51.9 Å². The van der Waals surface area contributed by atoms with Gasteiger partial charge in [-0.2, -0.15) is 5.10 Å². The van der Waals surface area contributed by atoms with Gasteiger partial charge in [-0.25, -0.2) is 9.48 Å². The van der Waals surface area contributed by atoms with Crippen LogP contribution in [0.2, 0.25) is 0 Å². The van der Waals surface area contributed by atoms with Gasteiger partial charge in [-0.1, -0.05) is 6.42 Å². The molecule has 2 aliphatic heterocycles. The van der Waals surface area contributed by atoms with Crippen molar-refractivity contribution in [3.05, 3.63) is 16.3 Å². The van der Waals surface area contributed by atoms with Gasteiger partial charge in [0, 0.05) is 46.2 Å². The highest BCUT2D eigenvalue weighted by molar-refractivity contribution is 14.0. The first-order valence-electron chi connectivity index (χ1n) is 9.83. The molecule has 146 valence electrons. The first-order valence-corrected chi connectivity index (χ1v) is 9.83. The molecule has 1 aromatic rings. The van der Waals surface area contributed by atoms with Crippen LogP contribution in [-0.2, 0) is 19.5 Å². The van der Waals surface area contributed by atoms with E-state index in [4.69, 9.17) is 0 Å². The summed E-state index contributed by atoms with van der Waals surface area (Å²) in [6, 6.07) is 0. The lowest BCUT2D eigenvalue weighted by atomic mass is 9.68. The third-order valence-electron chi connectivity index (χ3n) is 6.23. The summed E-state index contributed by atoms with van der Waals surface area (Å²) in [5.41, 5.74) is 0.644. The van der Waals surface area contributed by atoms with Crippen LogP contribution in [0.1, 0.15) is 50.8 Å². The maximum atomic E-state index is 12.3. The zero-order chi connectivity index (χ0) is 17.3. The molecule has 0 atom stereocenters. The minimum Gasteiger partial charge on any atom is -0.356 e. The first kappa shape index (κ1) is 19.7. The van der Waals surface area contributed by atoms with E-state index in [9.17, 15) is 4.79 Å². The molecule has 3 aliphatic rings. The Hall–Kier alpha value is -1.06. The number of guanidine groups is 1. The largest absolute Gasteiger partial charge is 0.356 e. The number of aromatic nitrogens is 3. The van der Waals surface area contributed by atoms with Crippen molar-refractivity contribution in [2.45, 2.75) is 64.5 Å². The average Bonchev–Trinajstić information content (AvgIpc) is 3.18. The minimum absolute atomic E-state index is 0. The predicted octanol–water partition coefficient (Wildman–Crippen LogP) is 1.84. The monoisotopic (exact) mass is 474 g/mol. The second-order valence-electron chi connectivity index (χ2n) is 7.88. The molecule has 0 amide bonds.